The summed E-state index contributed by atoms with van der Waals surface area (Å²) >= 11 is 7.39. The normalized spacial score (nSPS) is 26.6. The van der Waals surface area contributed by atoms with Crippen LogP contribution in [0.15, 0.2) is 41.8 Å². The number of hydroxylamine groups is 3. The first-order valence-corrected chi connectivity index (χ1v) is 7.84. The number of rotatable bonds is 2. The van der Waals surface area contributed by atoms with Crippen molar-refractivity contribution in [2.75, 3.05) is 0 Å². The topological polar surface area (TPSA) is 49.5 Å². The molecule has 2 heterocycles. The lowest BCUT2D eigenvalue weighted by Gasteiger charge is -2.29. The van der Waals surface area contributed by atoms with Gasteiger partial charge in [0.25, 0.3) is 5.66 Å². The Bertz CT molecular complexity index is 684. The van der Waals surface area contributed by atoms with Crippen LogP contribution in [0.2, 0.25) is 5.02 Å². The average Bonchev–Trinajstić information content (AvgIpc) is 3.04. The SMILES string of the molecule is CC1C(c2cccs2)=[N+]([O-])C(C)(c2ccc(Cl)cc2)N1O. The van der Waals surface area contributed by atoms with Crippen LogP contribution in [-0.4, -0.2) is 26.8 Å². The fraction of sp³-hybridized carbons (Fsp3) is 0.267. The van der Waals surface area contributed by atoms with E-state index in [1.165, 1.54) is 11.3 Å². The molecule has 2 unspecified atom stereocenters. The number of thiophene rings is 1. The Morgan fingerprint density at radius 3 is 2.57 bits per heavy atom. The van der Waals surface area contributed by atoms with Crippen LogP contribution in [0.25, 0.3) is 0 Å². The molecule has 6 heteroatoms. The minimum absolute atomic E-state index is 0.387. The van der Waals surface area contributed by atoms with E-state index in [1.807, 2.05) is 24.4 Å². The second-order valence-electron chi connectivity index (χ2n) is 5.21. The molecule has 0 saturated heterocycles. The molecule has 110 valence electrons. The highest BCUT2D eigenvalue weighted by Crippen LogP contribution is 2.37. The largest absolute Gasteiger partial charge is 0.622 e. The molecule has 0 fully saturated rings. The zero-order valence-electron chi connectivity index (χ0n) is 11.7. The Kier molecular flexibility index (Phi) is 3.53. The zero-order chi connectivity index (χ0) is 15.2. The first-order valence-electron chi connectivity index (χ1n) is 6.58. The Hall–Kier alpha value is -1.40. The number of nitrogens with zero attached hydrogens (tertiary/aromatic N) is 2. The van der Waals surface area contributed by atoms with Crippen molar-refractivity contribution in [1.29, 1.82) is 0 Å². The van der Waals surface area contributed by atoms with E-state index in [0.29, 0.717) is 16.3 Å². The van der Waals surface area contributed by atoms with E-state index in [0.717, 1.165) is 14.7 Å². The molecular formula is C15H15ClN2O2S. The van der Waals surface area contributed by atoms with Crippen LogP contribution in [0.5, 0.6) is 0 Å². The molecule has 1 aliphatic rings. The standard InChI is InChI=1S/C15H15ClN2O2S/c1-10-14(13-4-3-9-21-13)18(20)15(2,17(10)19)11-5-7-12(16)8-6-11/h3-10,19H,1-2H3. The maximum Gasteiger partial charge on any atom is 0.274 e. The summed E-state index contributed by atoms with van der Waals surface area (Å²) in [5.41, 5.74) is 0.108. The lowest BCUT2D eigenvalue weighted by molar-refractivity contribution is -0.595. The van der Waals surface area contributed by atoms with E-state index in [9.17, 15) is 10.4 Å². The molecule has 0 amide bonds. The van der Waals surface area contributed by atoms with Crippen molar-refractivity contribution in [2.24, 2.45) is 0 Å². The van der Waals surface area contributed by atoms with Crippen molar-refractivity contribution in [3.05, 3.63) is 62.4 Å². The van der Waals surface area contributed by atoms with Gasteiger partial charge in [-0.3, -0.25) is 0 Å². The van der Waals surface area contributed by atoms with Gasteiger partial charge in [-0.15, -0.1) is 16.4 Å². The van der Waals surface area contributed by atoms with Crippen LogP contribution in [-0.2, 0) is 5.66 Å². The third-order valence-corrected chi connectivity index (χ3v) is 5.13. The maximum atomic E-state index is 12.9. The van der Waals surface area contributed by atoms with Crippen LogP contribution in [0, 0.1) is 5.21 Å². The molecule has 1 aromatic heterocycles. The molecule has 2 atom stereocenters. The molecule has 0 spiro atoms. The van der Waals surface area contributed by atoms with Gasteiger partial charge in [-0.05, 0) is 42.6 Å². The second kappa shape index (κ2) is 5.10. The van der Waals surface area contributed by atoms with E-state index < -0.39 is 5.66 Å². The summed E-state index contributed by atoms with van der Waals surface area (Å²) < 4.78 is 0.896. The minimum atomic E-state index is -1.16. The molecule has 21 heavy (non-hydrogen) atoms. The molecular weight excluding hydrogens is 308 g/mol. The molecule has 3 rings (SSSR count). The molecule has 2 aromatic rings. The van der Waals surface area contributed by atoms with Crippen LogP contribution in [0.1, 0.15) is 24.3 Å². The van der Waals surface area contributed by atoms with E-state index >= 15 is 0 Å². The smallest absolute Gasteiger partial charge is 0.274 e. The monoisotopic (exact) mass is 322 g/mol. The molecule has 0 saturated carbocycles. The van der Waals surface area contributed by atoms with Crippen molar-refractivity contribution in [3.8, 4) is 0 Å². The van der Waals surface area contributed by atoms with Gasteiger partial charge in [0.05, 0.1) is 4.88 Å². The zero-order valence-corrected chi connectivity index (χ0v) is 13.2. The lowest BCUT2D eigenvalue weighted by Crippen LogP contribution is -2.45. The van der Waals surface area contributed by atoms with Crippen LogP contribution < -0.4 is 0 Å². The van der Waals surface area contributed by atoms with E-state index in [4.69, 9.17) is 11.6 Å². The van der Waals surface area contributed by atoms with Gasteiger partial charge in [0, 0.05) is 17.5 Å². The van der Waals surface area contributed by atoms with E-state index in [-0.39, 0.29) is 6.04 Å². The fourth-order valence-electron chi connectivity index (χ4n) is 2.74. The van der Waals surface area contributed by atoms with Gasteiger partial charge in [-0.2, -0.15) is 4.74 Å². The van der Waals surface area contributed by atoms with Crippen molar-refractivity contribution in [1.82, 2.24) is 5.06 Å². The van der Waals surface area contributed by atoms with E-state index in [2.05, 4.69) is 0 Å². The van der Waals surface area contributed by atoms with Crippen LogP contribution in [0.4, 0.5) is 0 Å². The summed E-state index contributed by atoms with van der Waals surface area (Å²) in [6.45, 7) is 3.53. The van der Waals surface area contributed by atoms with Crippen molar-refractivity contribution < 1.29 is 9.95 Å². The molecule has 0 bridgehead atoms. The molecule has 1 aromatic carbocycles. The van der Waals surface area contributed by atoms with Gasteiger partial charge in [-0.1, -0.05) is 17.7 Å². The Morgan fingerprint density at radius 2 is 2.00 bits per heavy atom. The number of hydrogen-bond acceptors (Lipinski definition) is 4. The third kappa shape index (κ3) is 2.08. The summed E-state index contributed by atoms with van der Waals surface area (Å²) in [6.07, 6.45) is 0. The molecule has 1 N–H and O–H groups in total. The lowest BCUT2D eigenvalue weighted by atomic mass is 10.0. The summed E-state index contributed by atoms with van der Waals surface area (Å²) in [6, 6.07) is 10.4. The number of hydrogen-bond donors (Lipinski definition) is 1. The Balaban J connectivity index is 2.16. The predicted molar refractivity (Wildman–Crippen MR) is 83.9 cm³/mol. The molecule has 0 aliphatic carbocycles. The third-order valence-electron chi connectivity index (χ3n) is 3.99. The van der Waals surface area contributed by atoms with Gasteiger partial charge in [0.15, 0.2) is 0 Å². The van der Waals surface area contributed by atoms with Gasteiger partial charge < -0.3 is 10.4 Å². The number of halogens is 1. The average molecular weight is 323 g/mol. The summed E-state index contributed by atoms with van der Waals surface area (Å²) in [4.78, 5) is 0.870. The van der Waals surface area contributed by atoms with Crippen molar-refractivity contribution in [2.45, 2.75) is 25.6 Å². The summed E-state index contributed by atoms with van der Waals surface area (Å²) in [5, 5.41) is 27.0. The molecule has 4 nitrogen and oxygen atoms in total. The van der Waals surface area contributed by atoms with Gasteiger partial charge in [-0.25, -0.2) is 0 Å². The highest BCUT2D eigenvalue weighted by atomic mass is 35.5. The highest BCUT2D eigenvalue weighted by molar-refractivity contribution is 7.12. The van der Waals surface area contributed by atoms with E-state index in [1.54, 1.807) is 31.2 Å². The summed E-state index contributed by atoms with van der Waals surface area (Å²) in [7, 11) is 0. The van der Waals surface area contributed by atoms with Crippen LogP contribution in [0.3, 0.4) is 0 Å². The quantitative estimate of drug-likeness (QED) is 0.678. The molecule has 1 aliphatic heterocycles. The Labute approximate surface area is 132 Å². The van der Waals surface area contributed by atoms with Crippen molar-refractivity contribution >= 4 is 28.6 Å². The minimum Gasteiger partial charge on any atom is -0.622 e. The summed E-state index contributed by atoms with van der Waals surface area (Å²) in [5.74, 6) is 0. The van der Waals surface area contributed by atoms with Gasteiger partial charge in [0.1, 0.15) is 6.04 Å². The first kappa shape index (κ1) is 14.5. The maximum absolute atomic E-state index is 12.9. The molecule has 0 radical (unpaired) electrons. The Morgan fingerprint density at radius 1 is 1.33 bits per heavy atom. The second-order valence-corrected chi connectivity index (χ2v) is 6.59. The van der Waals surface area contributed by atoms with Gasteiger partial charge >= 0.3 is 0 Å². The fourth-order valence-corrected chi connectivity index (χ4v) is 3.70. The van der Waals surface area contributed by atoms with Crippen LogP contribution >= 0.6 is 22.9 Å². The number of benzene rings is 1. The first-order chi connectivity index (χ1) is 9.96. The van der Waals surface area contributed by atoms with Crippen molar-refractivity contribution in [3.63, 3.8) is 0 Å². The predicted octanol–water partition coefficient (Wildman–Crippen LogP) is 3.67. The van der Waals surface area contributed by atoms with Gasteiger partial charge in [0.2, 0.25) is 5.71 Å². The highest BCUT2D eigenvalue weighted by Gasteiger charge is 2.54.